The molecule has 1 aliphatic carbocycles. The molecule has 0 bridgehead atoms. The van der Waals surface area contributed by atoms with Gasteiger partial charge in [0.05, 0.1) is 5.75 Å². The van der Waals surface area contributed by atoms with E-state index in [-0.39, 0.29) is 23.7 Å². The Morgan fingerprint density at radius 2 is 2.00 bits per heavy atom. The number of imide groups is 1. The topological polar surface area (TPSA) is 84.2 Å². The molecule has 1 aliphatic rings. The number of hydrogen-bond donors (Lipinski definition) is 3. The predicted molar refractivity (Wildman–Crippen MR) is 65.3 cm³/mol. The second-order valence-corrected chi connectivity index (χ2v) is 4.95. The summed E-state index contributed by atoms with van der Waals surface area (Å²) in [5.41, 5.74) is 5.29. The average Bonchev–Trinajstić information content (AvgIpc) is 2.70. The summed E-state index contributed by atoms with van der Waals surface area (Å²) < 4.78 is 0. The highest BCUT2D eigenvalue weighted by Gasteiger charge is 2.17. The summed E-state index contributed by atoms with van der Waals surface area (Å²) in [7, 11) is 0. The molecular formula is C10H19N3O2S. The van der Waals surface area contributed by atoms with Gasteiger partial charge in [-0.1, -0.05) is 12.8 Å². The van der Waals surface area contributed by atoms with Gasteiger partial charge in [0.25, 0.3) is 0 Å². The minimum Gasteiger partial charge on any atom is -0.335 e. The molecule has 1 saturated carbocycles. The van der Waals surface area contributed by atoms with Crippen molar-refractivity contribution < 1.29 is 9.59 Å². The molecule has 0 saturated heterocycles. The third kappa shape index (κ3) is 5.37. The van der Waals surface area contributed by atoms with Gasteiger partial charge in [-0.15, -0.1) is 0 Å². The summed E-state index contributed by atoms with van der Waals surface area (Å²) in [6.07, 6.45) is 4.35. The second kappa shape index (κ2) is 7.51. The molecule has 0 aromatic carbocycles. The van der Waals surface area contributed by atoms with E-state index in [2.05, 4.69) is 10.6 Å². The van der Waals surface area contributed by atoms with Crippen molar-refractivity contribution >= 4 is 23.7 Å². The van der Waals surface area contributed by atoms with Crippen molar-refractivity contribution in [2.24, 2.45) is 5.73 Å². The lowest BCUT2D eigenvalue weighted by atomic mass is 10.2. The highest BCUT2D eigenvalue weighted by atomic mass is 32.2. The zero-order chi connectivity index (χ0) is 11.8. The van der Waals surface area contributed by atoms with Crippen LogP contribution in [-0.4, -0.2) is 36.0 Å². The van der Waals surface area contributed by atoms with Gasteiger partial charge in [-0.25, -0.2) is 4.79 Å². The standard InChI is InChI=1S/C10H19N3O2S/c11-5-6-16-7-9(14)13-10(15)12-8-3-1-2-4-8/h8H,1-7,11H2,(H2,12,13,14,15). The average molecular weight is 245 g/mol. The van der Waals surface area contributed by atoms with Gasteiger partial charge in [0, 0.05) is 18.3 Å². The Hall–Kier alpha value is -0.750. The monoisotopic (exact) mass is 245 g/mol. The van der Waals surface area contributed by atoms with E-state index in [0.29, 0.717) is 6.54 Å². The Kier molecular flexibility index (Phi) is 6.25. The lowest BCUT2D eigenvalue weighted by molar-refractivity contribution is -0.117. The van der Waals surface area contributed by atoms with Gasteiger partial charge in [-0.05, 0) is 12.8 Å². The molecule has 1 rings (SSSR count). The number of nitrogens with one attached hydrogen (secondary N) is 2. The molecule has 0 atom stereocenters. The molecule has 4 N–H and O–H groups in total. The van der Waals surface area contributed by atoms with Crippen LogP contribution in [0.25, 0.3) is 0 Å². The van der Waals surface area contributed by atoms with Gasteiger partial charge in [-0.3, -0.25) is 10.1 Å². The van der Waals surface area contributed by atoms with E-state index in [9.17, 15) is 9.59 Å². The first-order chi connectivity index (χ1) is 7.72. The first kappa shape index (κ1) is 13.3. The van der Waals surface area contributed by atoms with Crippen LogP contribution in [0.15, 0.2) is 0 Å². The molecule has 0 spiro atoms. The fraction of sp³-hybridized carbons (Fsp3) is 0.800. The maximum Gasteiger partial charge on any atom is 0.321 e. The van der Waals surface area contributed by atoms with Crippen LogP contribution < -0.4 is 16.4 Å². The lowest BCUT2D eigenvalue weighted by Crippen LogP contribution is -2.44. The molecule has 0 aromatic rings. The van der Waals surface area contributed by atoms with E-state index in [1.165, 1.54) is 11.8 Å². The van der Waals surface area contributed by atoms with Crippen molar-refractivity contribution in [2.45, 2.75) is 31.7 Å². The second-order valence-electron chi connectivity index (χ2n) is 3.84. The van der Waals surface area contributed by atoms with E-state index in [4.69, 9.17) is 5.73 Å². The van der Waals surface area contributed by atoms with Crippen molar-refractivity contribution in [3.05, 3.63) is 0 Å². The first-order valence-electron chi connectivity index (χ1n) is 5.60. The smallest absolute Gasteiger partial charge is 0.321 e. The van der Waals surface area contributed by atoms with Gasteiger partial charge < -0.3 is 11.1 Å². The van der Waals surface area contributed by atoms with E-state index in [1.807, 2.05) is 0 Å². The predicted octanol–water partition coefficient (Wildman–Crippen LogP) is 0.447. The van der Waals surface area contributed by atoms with E-state index in [0.717, 1.165) is 31.4 Å². The van der Waals surface area contributed by atoms with E-state index in [1.54, 1.807) is 0 Å². The number of hydrogen-bond acceptors (Lipinski definition) is 4. The molecule has 0 aromatic heterocycles. The number of rotatable bonds is 5. The molecule has 0 unspecified atom stereocenters. The summed E-state index contributed by atoms with van der Waals surface area (Å²) >= 11 is 1.43. The zero-order valence-corrected chi connectivity index (χ0v) is 10.1. The fourth-order valence-corrected chi connectivity index (χ4v) is 2.27. The molecule has 5 nitrogen and oxygen atoms in total. The van der Waals surface area contributed by atoms with Crippen LogP contribution in [0.3, 0.4) is 0 Å². The summed E-state index contributed by atoms with van der Waals surface area (Å²) in [6, 6.07) is -0.130. The Morgan fingerprint density at radius 3 is 2.62 bits per heavy atom. The molecule has 3 amide bonds. The molecular weight excluding hydrogens is 226 g/mol. The number of amides is 3. The van der Waals surface area contributed by atoms with Crippen molar-refractivity contribution in [1.82, 2.24) is 10.6 Å². The Bertz CT molecular complexity index is 242. The summed E-state index contributed by atoms with van der Waals surface area (Å²) in [5.74, 6) is 0.765. The van der Waals surface area contributed by atoms with Crippen molar-refractivity contribution in [3.63, 3.8) is 0 Å². The third-order valence-electron chi connectivity index (χ3n) is 2.44. The molecule has 0 heterocycles. The summed E-state index contributed by atoms with van der Waals surface area (Å²) in [6.45, 7) is 0.548. The quantitative estimate of drug-likeness (QED) is 0.614. The molecule has 16 heavy (non-hydrogen) atoms. The molecule has 92 valence electrons. The number of carbonyl (C=O) groups excluding carboxylic acids is 2. The van der Waals surface area contributed by atoms with Gasteiger partial charge in [0.2, 0.25) is 5.91 Å². The van der Waals surface area contributed by atoms with Crippen LogP contribution >= 0.6 is 11.8 Å². The van der Waals surface area contributed by atoms with Crippen molar-refractivity contribution in [1.29, 1.82) is 0 Å². The normalized spacial score (nSPS) is 16.1. The Balaban J connectivity index is 2.10. The number of thioether (sulfide) groups is 1. The summed E-state index contributed by atoms with van der Waals surface area (Å²) in [4.78, 5) is 22.6. The highest BCUT2D eigenvalue weighted by Crippen LogP contribution is 2.17. The minimum absolute atomic E-state index is 0.240. The van der Waals surface area contributed by atoms with Crippen LogP contribution in [0.4, 0.5) is 4.79 Å². The first-order valence-corrected chi connectivity index (χ1v) is 6.76. The van der Waals surface area contributed by atoms with Crippen molar-refractivity contribution in [2.75, 3.05) is 18.1 Å². The number of carbonyl (C=O) groups is 2. The molecule has 1 fully saturated rings. The van der Waals surface area contributed by atoms with Crippen LogP contribution in [0.5, 0.6) is 0 Å². The van der Waals surface area contributed by atoms with Crippen LogP contribution in [0.2, 0.25) is 0 Å². The van der Waals surface area contributed by atoms with E-state index < -0.39 is 0 Å². The minimum atomic E-state index is -0.370. The van der Waals surface area contributed by atoms with Gasteiger partial charge >= 0.3 is 6.03 Å². The Labute approximate surface area is 99.9 Å². The zero-order valence-electron chi connectivity index (χ0n) is 9.33. The van der Waals surface area contributed by atoms with Gasteiger partial charge in [0.1, 0.15) is 0 Å². The molecule has 0 aliphatic heterocycles. The van der Waals surface area contributed by atoms with Gasteiger partial charge in [-0.2, -0.15) is 11.8 Å². The largest absolute Gasteiger partial charge is 0.335 e. The maximum absolute atomic E-state index is 11.4. The highest BCUT2D eigenvalue weighted by molar-refractivity contribution is 7.99. The van der Waals surface area contributed by atoms with E-state index >= 15 is 0 Å². The Morgan fingerprint density at radius 1 is 1.31 bits per heavy atom. The summed E-state index contributed by atoms with van der Waals surface area (Å²) in [5, 5.41) is 5.11. The van der Waals surface area contributed by atoms with Crippen molar-refractivity contribution in [3.8, 4) is 0 Å². The lowest BCUT2D eigenvalue weighted by Gasteiger charge is -2.11. The van der Waals surface area contributed by atoms with Crippen LogP contribution in [0.1, 0.15) is 25.7 Å². The number of nitrogens with two attached hydrogens (primary N) is 1. The third-order valence-corrected chi connectivity index (χ3v) is 3.43. The van der Waals surface area contributed by atoms with Gasteiger partial charge in [0.15, 0.2) is 0 Å². The SMILES string of the molecule is NCCSCC(=O)NC(=O)NC1CCCC1. The molecule has 0 radical (unpaired) electrons. The van der Waals surface area contributed by atoms with Crippen LogP contribution in [0, 0.1) is 0 Å². The van der Waals surface area contributed by atoms with Crippen LogP contribution in [-0.2, 0) is 4.79 Å². The fourth-order valence-electron chi connectivity index (χ4n) is 1.70. The molecule has 6 heteroatoms. The number of urea groups is 1. The maximum atomic E-state index is 11.4.